The number of hydrogen-bond acceptors (Lipinski definition) is 4. The van der Waals surface area contributed by atoms with E-state index in [-0.39, 0.29) is 6.61 Å². The molecule has 0 saturated carbocycles. The lowest BCUT2D eigenvalue weighted by molar-refractivity contribution is 0.114. The summed E-state index contributed by atoms with van der Waals surface area (Å²) in [6, 6.07) is 24.5. The van der Waals surface area contributed by atoms with Gasteiger partial charge in [-0.05, 0) is 43.3 Å². The van der Waals surface area contributed by atoms with Gasteiger partial charge in [0.05, 0.1) is 17.9 Å². The Morgan fingerprint density at radius 1 is 0.885 bits per heavy atom. The number of para-hydroxylation sites is 2. The second-order valence-electron chi connectivity index (χ2n) is 6.43. The van der Waals surface area contributed by atoms with Gasteiger partial charge in [0.25, 0.3) is 0 Å². The number of anilines is 2. The molecule has 0 bridgehead atoms. The van der Waals surface area contributed by atoms with Gasteiger partial charge in [-0.1, -0.05) is 53.7 Å². The largest absolute Gasteiger partial charge is 0.491 e. The van der Waals surface area contributed by atoms with Crippen molar-refractivity contribution < 1.29 is 9.84 Å². The highest BCUT2D eigenvalue weighted by molar-refractivity contribution is 7.99. The van der Waals surface area contributed by atoms with Crippen molar-refractivity contribution in [2.75, 3.05) is 18.1 Å². The first kappa shape index (κ1) is 17.0. The highest BCUT2D eigenvalue weighted by atomic mass is 32.2. The molecule has 1 aliphatic heterocycles. The fourth-order valence-electron chi connectivity index (χ4n) is 3.07. The van der Waals surface area contributed by atoms with Gasteiger partial charge in [-0.3, -0.25) is 0 Å². The Bertz CT molecular complexity index is 849. The molecule has 1 atom stereocenters. The second-order valence-corrected chi connectivity index (χ2v) is 7.51. The van der Waals surface area contributed by atoms with Gasteiger partial charge in [0.15, 0.2) is 0 Å². The van der Waals surface area contributed by atoms with E-state index in [1.54, 1.807) is 11.8 Å². The zero-order chi connectivity index (χ0) is 17.9. The molecule has 3 nitrogen and oxygen atoms in total. The first-order valence-corrected chi connectivity index (χ1v) is 9.53. The smallest absolute Gasteiger partial charge is 0.119 e. The Balaban J connectivity index is 1.51. The van der Waals surface area contributed by atoms with Crippen molar-refractivity contribution in [1.82, 2.24) is 0 Å². The minimum atomic E-state index is -0.597. The van der Waals surface area contributed by atoms with Gasteiger partial charge in [-0.25, -0.2) is 0 Å². The SMILES string of the molecule is Cc1ccc(OCC(O)CN2c3ccccc3Sc3ccccc32)cc1. The second kappa shape index (κ2) is 7.44. The molecule has 3 aromatic rings. The van der Waals surface area contributed by atoms with Gasteiger partial charge in [0.1, 0.15) is 18.5 Å². The van der Waals surface area contributed by atoms with Gasteiger partial charge < -0.3 is 14.7 Å². The summed E-state index contributed by atoms with van der Waals surface area (Å²) < 4.78 is 5.76. The number of ether oxygens (including phenoxy) is 1. The van der Waals surface area contributed by atoms with E-state index in [1.165, 1.54) is 15.4 Å². The zero-order valence-corrected chi connectivity index (χ0v) is 15.4. The van der Waals surface area contributed by atoms with Crippen LogP contribution in [0.2, 0.25) is 0 Å². The molecular formula is C22H21NO2S. The van der Waals surface area contributed by atoms with Crippen LogP contribution in [0.15, 0.2) is 82.6 Å². The molecule has 4 heteroatoms. The Morgan fingerprint density at radius 2 is 1.46 bits per heavy atom. The zero-order valence-electron chi connectivity index (χ0n) is 14.6. The highest BCUT2D eigenvalue weighted by Crippen LogP contribution is 2.47. The summed E-state index contributed by atoms with van der Waals surface area (Å²) in [6.07, 6.45) is -0.597. The minimum absolute atomic E-state index is 0.261. The number of benzene rings is 3. The summed E-state index contributed by atoms with van der Waals surface area (Å²) in [5, 5.41) is 10.6. The predicted molar refractivity (Wildman–Crippen MR) is 107 cm³/mol. The lowest BCUT2D eigenvalue weighted by Gasteiger charge is -2.34. The van der Waals surface area contributed by atoms with Crippen molar-refractivity contribution in [2.24, 2.45) is 0 Å². The lowest BCUT2D eigenvalue weighted by Crippen LogP contribution is -2.34. The summed E-state index contributed by atoms with van der Waals surface area (Å²) >= 11 is 1.77. The maximum absolute atomic E-state index is 10.6. The van der Waals surface area contributed by atoms with Crippen molar-refractivity contribution in [2.45, 2.75) is 22.8 Å². The molecule has 0 saturated heterocycles. The van der Waals surface area contributed by atoms with E-state index in [2.05, 4.69) is 41.3 Å². The van der Waals surface area contributed by atoms with Crippen LogP contribution in [-0.2, 0) is 0 Å². The van der Waals surface area contributed by atoms with Crippen LogP contribution < -0.4 is 9.64 Å². The Kier molecular flexibility index (Phi) is 4.87. The van der Waals surface area contributed by atoms with E-state index in [9.17, 15) is 5.11 Å². The molecule has 0 fully saturated rings. The minimum Gasteiger partial charge on any atom is -0.491 e. The molecular weight excluding hydrogens is 342 g/mol. The van der Waals surface area contributed by atoms with Gasteiger partial charge in [-0.15, -0.1) is 0 Å². The van der Waals surface area contributed by atoms with Crippen molar-refractivity contribution in [3.05, 3.63) is 78.4 Å². The third kappa shape index (κ3) is 3.57. The van der Waals surface area contributed by atoms with Gasteiger partial charge >= 0.3 is 0 Å². The summed E-state index contributed by atoms with van der Waals surface area (Å²) in [7, 11) is 0. The Labute approximate surface area is 158 Å². The number of β-amino-alcohol motifs (C(OH)–C–C–N with tert-alkyl or cyclic N) is 1. The van der Waals surface area contributed by atoms with E-state index in [4.69, 9.17) is 4.74 Å². The van der Waals surface area contributed by atoms with E-state index in [0.717, 1.165) is 17.1 Å². The maximum Gasteiger partial charge on any atom is 0.119 e. The topological polar surface area (TPSA) is 32.7 Å². The van der Waals surface area contributed by atoms with Crippen LogP contribution in [0.5, 0.6) is 5.75 Å². The number of aryl methyl sites for hydroxylation is 1. The first-order valence-electron chi connectivity index (χ1n) is 8.72. The average Bonchev–Trinajstić information content (AvgIpc) is 2.67. The Hall–Kier alpha value is -2.43. The third-order valence-corrected chi connectivity index (χ3v) is 5.52. The number of nitrogens with zero attached hydrogens (tertiary/aromatic N) is 1. The molecule has 0 amide bonds. The molecule has 1 heterocycles. The number of aliphatic hydroxyl groups excluding tert-OH is 1. The monoisotopic (exact) mass is 363 g/mol. The molecule has 0 aliphatic carbocycles. The van der Waals surface area contributed by atoms with Gasteiger partial charge in [0.2, 0.25) is 0 Å². The van der Waals surface area contributed by atoms with Crippen molar-refractivity contribution in [3.63, 3.8) is 0 Å². The fourth-order valence-corrected chi connectivity index (χ4v) is 4.16. The third-order valence-electron chi connectivity index (χ3n) is 4.39. The predicted octanol–water partition coefficient (Wildman–Crippen LogP) is 5.04. The van der Waals surface area contributed by atoms with Gasteiger partial charge in [0, 0.05) is 9.79 Å². The normalized spacial score (nSPS) is 13.7. The standard InChI is InChI=1S/C22H21NO2S/c1-16-10-12-18(13-11-16)25-15-17(24)14-23-19-6-2-4-8-21(19)26-22-9-5-3-7-20(22)23/h2-13,17,24H,14-15H2,1H3. The van der Waals surface area contributed by atoms with E-state index in [1.807, 2.05) is 43.3 Å². The molecule has 132 valence electrons. The molecule has 1 unspecified atom stereocenters. The van der Waals surface area contributed by atoms with Crippen molar-refractivity contribution in [1.29, 1.82) is 0 Å². The maximum atomic E-state index is 10.6. The van der Waals surface area contributed by atoms with Crippen LogP contribution >= 0.6 is 11.8 Å². The molecule has 0 aromatic heterocycles. The summed E-state index contributed by atoms with van der Waals surface area (Å²) in [5.41, 5.74) is 3.45. The molecule has 1 N–H and O–H groups in total. The molecule has 26 heavy (non-hydrogen) atoms. The van der Waals surface area contributed by atoms with Crippen LogP contribution in [0.3, 0.4) is 0 Å². The van der Waals surface area contributed by atoms with E-state index >= 15 is 0 Å². The number of hydrogen-bond donors (Lipinski definition) is 1. The van der Waals surface area contributed by atoms with Crippen molar-refractivity contribution >= 4 is 23.1 Å². The van der Waals surface area contributed by atoms with Crippen LogP contribution in [0.25, 0.3) is 0 Å². The molecule has 0 spiro atoms. The van der Waals surface area contributed by atoms with Crippen molar-refractivity contribution in [3.8, 4) is 5.75 Å². The van der Waals surface area contributed by atoms with Gasteiger partial charge in [-0.2, -0.15) is 0 Å². The molecule has 0 radical (unpaired) electrons. The molecule has 1 aliphatic rings. The summed E-state index contributed by atoms with van der Waals surface area (Å²) in [4.78, 5) is 4.60. The summed E-state index contributed by atoms with van der Waals surface area (Å²) in [6.45, 7) is 2.79. The quantitative estimate of drug-likeness (QED) is 0.688. The highest BCUT2D eigenvalue weighted by Gasteiger charge is 2.24. The molecule has 3 aromatic carbocycles. The number of aliphatic hydroxyl groups is 1. The first-order chi connectivity index (χ1) is 12.7. The van der Waals surface area contributed by atoms with Crippen LogP contribution in [0, 0.1) is 6.92 Å². The number of rotatable bonds is 5. The van der Waals surface area contributed by atoms with Crippen LogP contribution in [0.4, 0.5) is 11.4 Å². The van der Waals surface area contributed by atoms with E-state index < -0.39 is 6.10 Å². The number of fused-ring (bicyclic) bond motifs is 2. The van der Waals surface area contributed by atoms with Crippen LogP contribution in [0.1, 0.15) is 5.56 Å². The summed E-state index contributed by atoms with van der Waals surface area (Å²) in [5.74, 6) is 0.782. The van der Waals surface area contributed by atoms with Crippen LogP contribution in [-0.4, -0.2) is 24.4 Å². The van der Waals surface area contributed by atoms with E-state index in [0.29, 0.717) is 6.54 Å². The lowest BCUT2D eigenvalue weighted by atomic mass is 10.2. The fraction of sp³-hybridized carbons (Fsp3) is 0.182. The Morgan fingerprint density at radius 3 is 2.08 bits per heavy atom. The average molecular weight is 363 g/mol. The molecule has 4 rings (SSSR count).